The molecule has 2 rings (SSSR count). The van der Waals surface area contributed by atoms with Gasteiger partial charge in [0, 0.05) is 19.2 Å². The fraction of sp³-hybridized carbons (Fsp3) is 0.684. The van der Waals surface area contributed by atoms with Crippen LogP contribution in [-0.4, -0.2) is 19.3 Å². The van der Waals surface area contributed by atoms with Crippen molar-refractivity contribution < 1.29 is 4.74 Å². The average molecular weight is 289 g/mol. The molecular formula is C19H31NO. The monoisotopic (exact) mass is 289 g/mol. The maximum absolute atomic E-state index is 5.45. The molecule has 1 aromatic rings. The highest BCUT2D eigenvalue weighted by atomic mass is 16.5. The fourth-order valence-corrected chi connectivity index (χ4v) is 3.33. The standard InChI is InChI=1S/C19H31NO/c1-14(2)13-16-5-7-17(8-6-16)15(3)20-18-9-11-19(21-4)12-10-18/h5-8,14-15,18-20H,9-13H2,1-4H3. The van der Waals surface area contributed by atoms with E-state index in [9.17, 15) is 0 Å². The second-order valence-electron chi connectivity index (χ2n) is 6.94. The summed E-state index contributed by atoms with van der Waals surface area (Å²) in [6.45, 7) is 6.82. The van der Waals surface area contributed by atoms with Crippen molar-refractivity contribution in [1.82, 2.24) is 5.32 Å². The highest BCUT2D eigenvalue weighted by Crippen LogP contribution is 2.23. The van der Waals surface area contributed by atoms with Crippen molar-refractivity contribution in [3.63, 3.8) is 0 Å². The maximum atomic E-state index is 5.45. The summed E-state index contributed by atoms with van der Waals surface area (Å²) in [7, 11) is 1.83. The zero-order valence-corrected chi connectivity index (χ0v) is 14.1. The van der Waals surface area contributed by atoms with Crippen molar-refractivity contribution in [1.29, 1.82) is 0 Å². The minimum Gasteiger partial charge on any atom is -0.381 e. The number of benzene rings is 1. The molecule has 1 atom stereocenters. The molecule has 1 aliphatic rings. The van der Waals surface area contributed by atoms with Gasteiger partial charge < -0.3 is 10.1 Å². The SMILES string of the molecule is COC1CCC(NC(C)c2ccc(CC(C)C)cc2)CC1. The first-order valence-corrected chi connectivity index (χ1v) is 8.46. The minimum absolute atomic E-state index is 0.433. The smallest absolute Gasteiger partial charge is 0.0572 e. The Hall–Kier alpha value is -0.860. The molecule has 1 N–H and O–H groups in total. The Morgan fingerprint density at radius 3 is 2.19 bits per heavy atom. The number of hydrogen-bond acceptors (Lipinski definition) is 2. The zero-order valence-electron chi connectivity index (χ0n) is 14.1. The lowest BCUT2D eigenvalue weighted by atomic mass is 9.92. The van der Waals surface area contributed by atoms with E-state index in [2.05, 4.69) is 50.4 Å². The van der Waals surface area contributed by atoms with Crippen molar-refractivity contribution in [2.75, 3.05) is 7.11 Å². The van der Waals surface area contributed by atoms with Gasteiger partial charge in [-0.15, -0.1) is 0 Å². The van der Waals surface area contributed by atoms with Crippen molar-refractivity contribution in [2.45, 2.75) is 71.1 Å². The molecule has 0 bridgehead atoms. The summed E-state index contributed by atoms with van der Waals surface area (Å²) in [5.74, 6) is 0.724. The van der Waals surface area contributed by atoms with Gasteiger partial charge in [-0.3, -0.25) is 0 Å². The summed E-state index contributed by atoms with van der Waals surface area (Å²) < 4.78 is 5.45. The van der Waals surface area contributed by atoms with Gasteiger partial charge in [-0.1, -0.05) is 38.1 Å². The van der Waals surface area contributed by atoms with E-state index in [0.717, 1.165) is 5.92 Å². The predicted molar refractivity (Wildman–Crippen MR) is 89.6 cm³/mol. The zero-order chi connectivity index (χ0) is 15.2. The molecule has 0 saturated heterocycles. The Morgan fingerprint density at radius 1 is 1.05 bits per heavy atom. The lowest BCUT2D eigenvalue weighted by molar-refractivity contribution is 0.0614. The van der Waals surface area contributed by atoms with Crippen molar-refractivity contribution in [3.05, 3.63) is 35.4 Å². The molecule has 0 aromatic heterocycles. The van der Waals surface area contributed by atoms with Gasteiger partial charge in [-0.05, 0) is 56.1 Å². The van der Waals surface area contributed by atoms with E-state index < -0.39 is 0 Å². The molecule has 2 nitrogen and oxygen atoms in total. The molecule has 0 spiro atoms. The van der Waals surface area contributed by atoms with Crippen LogP contribution in [0.15, 0.2) is 24.3 Å². The van der Waals surface area contributed by atoms with Gasteiger partial charge in [0.15, 0.2) is 0 Å². The lowest BCUT2D eigenvalue weighted by Crippen LogP contribution is -2.36. The summed E-state index contributed by atoms with van der Waals surface area (Å²) >= 11 is 0. The van der Waals surface area contributed by atoms with Gasteiger partial charge in [-0.2, -0.15) is 0 Å². The van der Waals surface area contributed by atoms with Crippen LogP contribution in [0.4, 0.5) is 0 Å². The number of rotatable bonds is 6. The lowest BCUT2D eigenvalue weighted by Gasteiger charge is -2.30. The molecule has 1 fully saturated rings. The normalized spacial score (nSPS) is 24.2. The Bertz CT molecular complexity index is 404. The van der Waals surface area contributed by atoms with Crippen LogP contribution in [-0.2, 0) is 11.2 Å². The predicted octanol–water partition coefficient (Wildman–Crippen LogP) is 4.49. The molecule has 118 valence electrons. The topological polar surface area (TPSA) is 21.3 Å². The third-order valence-corrected chi connectivity index (χ3v) is 4.62. The first kappa shape index (κ1) is 16.5. The molecule has 1 aromatic carbocycles. The van der Waals surface area contributed by atoms with Crippen LogP contribution >= 0.6 is 0 Å². The maximum Gasteiger partial charge on any atom is 0.0572 e. The second-order valence-corrected chi connectivity index (χ2v) is 6.94. The molecule has 2 heteroatoms. The average Bonchev–Trinajstić information content (AvgIpc) is 2.48. The third kappa shape index (κ3) is 5.12. The van der Waals surface area contributed by atoms with Crippen LogP contribution in [0.3, 0.4) is 0 Å². The van der Waals surface area contributed by atoms with E-state index in [1.165, 1.54) is 43.2 Å². The van der Waals surface area contributed by atoms with Gasteiger partial charge in [0.25, 0.3) is 0 Å². The second kappa shape index (κ2) is 7.95. The Kier molecular flexibility index (Phi) is 6.25. The first-order chi connectivity index (χ1) is 10.1. The van der Waals surface area contributed by atoms with Gasteiger partial charge in [0.2, 0.25) is 0 Å². The van der Waals surface area contributed by atoms with Crippen LogP contribution in [0.5, 0.6) is 0 Å². The summed E-state index contributed by atoms with van der Waals surface area (Å²) in [5.41, 5.74) is 2.85. The van der Waals surface area contributed by atoms with E-state index >= 15 is 0 Å². The number of methoxy groups -OCH3 is 1. The van der Waals surface area contributed by atoms with Gasteiger partial charge in [0.05, 0.1) is 6.10 Å². The highest BCUT2D eigenvalue weighted by Gasteiger charge is 2.22. The number of nitrogens with one attached hydrogen (secondary N) is 1. The van der Waals surface area contributed by atoms with E-state index in [-0.39, 0.29) is 0 Å². The van der Waals surface area contributed by atoms with Crippen molar-refractivity contribution in [2.24, 2.45) is 5.92 Å². The third-order valence-electron chi connectivity index (χ3n) is 4.62. The Labute approximate surface area is 130 Å². The first-order valence-electron chi connectivity index (χ1n) is 8.46. The van der Waals surface area contributed by atoms with E-state index in [1.807, 2.05) is 7.11 Å². The van der Waals surface area contributed by atoms with E-state index in [1.54, 1.807) is 0 Å². The van der Waals surface area contributed by atoms with E-state index in [4.69, 9.17) is 4.74 Å². The number of ether oxygens (including phenoxy) is 1. The molecule has 0 radical (unpaired) electrons. The van der Waals surface area contributed by atoms with Gasteiger partial charge >= 0.3 is 0 Å². The summed E-state index contributed by atoms with van der Waals surface area (Å²) in [5, 5.41) is 3.78. The van der Waals surface area contributed by atoms with E-state index in [0.29, 0.717) is 18.2 Å². The highest BCUT2D eigenvalue weighted by molar-refractivity contribution is 5.25. The minimum atomic E-state index is 0.433. The molecule has 1 aliphatic carbocycles. The molecule has 0 aliphatic heterocycles. The van der Waals surface area contributed by atoms with Crippen LogP contribution < -0.4 is 5.32 Å². The van der Waals surface area contributed by atoms with Gasteiger partial charge in [0.1, 0.15) is 0 Å². The Balaban J connectivity index is 1.84. The van der Waals surface area contributed by atoms with Crippen molar-refractivity contribution >= 4 is 0 Å². The molecule has 0 heterocycles. The molecule has 0 amide bonds. The van der Waals surface area contributed by atoms with Crippen LogP contribution in [0, 0.1) is 5.92 Å². The molecular weight excluding hydrogens is 258 g/mol. The summed E-state index contributed by atoms with van der Waals surface area (Å²) in [6, 6.07) is 10.2. The quantitative estimate of drug-likeness (QED) is 0.833. The Morgan fingerprint density at radius 2 is 1.67 bits per heavy atom. The largest absolute Gasteiger partial charge is 0.381 e. The number of hydrogen-bond donors (Lipinski definition) is 1. The summed E-state index contributed by atoms with van der Waals surface area (Å²) in [4.78, 5) is 0. The summed E-state index contributed by atoms with van der Waals surface area (Å²) in [6.07, 6.45) is 6.49. The van der Waals surface area contributed by atoms with Crippen LogP contribution in [0.25, 0.3) is 0 Å². The molecule has 1 saturated carbocycles. The van der Waals surface area contributed by atoms with Crippen LogP contribution in [0.2, 0.25) is 0 Å². The van der Waals surface area contributed by atoms with Crippen molar-refractivity contribution in [3.8, 4) is 0 Å². The molecule has 1 unspecified atom stereocenters. The van der Waals surface area contributed by atoms with Gasteiger partial charge in [-0.25, -0.2) is 0 Å². The molecule has 21 heavy (non-hydrogen) atoms. The van der Waals surface area contributed by atoms with Crippen LogP contribution in [0.1, 0.15) is 63.6 Å². The fourth-order valence-electron chi connectivity index (χ4n) is 3.33.